The quantitative estimate of drug-likeness (QED) is 0.364. The van der Waals surface area contributed by atoms with Crippen LogP contribution in [0.1, 0.15) is 23.2 Å². The Morgan fingerprint density at radius 1 is 1.24 bits per heavy atom. The van der Waals surface area contributed by atoms with Gasteiger partial charge < -0.3 is 21.7 Å². The van der Waals surface area contributed by atoms with Crippen LogP contribution in [-0.4, -0.2) is 51.8 Å². The Morgan fingerprint density at radius 3 is 2.38 bits per heavy atom. The lowest BCUT2D eigenvalue weighted by molar-refractivity contribution is -0.118. The van der Waals surface area contributed by atoms with Crippen molar-refractivity contribution in [3.8, 4) is 0 Å². The molecule has 1 aliphatic heterocycles. The van der Waals surface area contributed by atoms with E-state index in [-0.39, 0.29) is 27.3 Å². The fraction of sp³-hybridized carbons (Fsp3) is 0.353. The third kappa shape index (κ3) is 7.00. The molecule has 9 nitrogen and oxygen atoms in total. The van der Waals surface area contributed by atoms with Gasteiger partial charge in [-0.2, -0.15) is 4.40 Å². The summed E-state index contributed by atoms with van der Waals surface area (Å²) in [6.45, 7) is 1.50. The first-order valence-electron chi connectivity index (χ1n) is 8.60. The summed E-state index contributed by atoms with van der Waals surface area (Å²) in [6.07, 6.45) is 3.09. The number of nitrogens with two attached hydrogens (primary N) is 1. The summed E-state index contributed by atoms with van der Waals surface area (Å²) in [4.78, 5) is 25.1. The molecule has 0 aromatic heterocycles. The summed E-state index contributed by atoms with van der Waals surface area (Å²) in [6, 6.07) is 4.39. The molecule has 12 heteroatoms. The summed E-state index contributed by atoms with van der Waals surface area (Å²) in [5, 5.41) is 8.44. The highest BCUT2D eigenvalue weighted by atomic mass is 35.5. The van der Waals surface area contributed by atoms with Gasteiger partial charge in [0.1, 0.15) is 5.70 Å². The maximum absolute atomic E-state index is 12.6. The van der Waals surface area contributed by atoms with Crippen molar-refractivity contribution in [3.63, 3.8) is 0 Å². The molecule has 0 atom stereocenters. The minimum absolute atomic E-state index is 0.0485. The van der Waals surface area contributed by atoms with Crippen LogP contribution in [0.3, 0.4) is 0 Å². The highest BCUT2D eigenvalue weighted by Crippen LogP contribution is 2.24. The number of nitrogens with zero attached hydrogens (tertiary/aromatic N) is 1. The molecule has 1 fully saturated rings. The number of amides is 2. The lowest BCUT2D eigenvalue weighted by atomic mass is 10.1. The van der Waals surface area contributed by atoms with Crippen molar-refractivity contribution in [1.82, 2.24) is 16.0 Å². The summed E-state index contributed by atoms with van der Waals surface area (Å²) < 4.78 is 26.1. The zero-order valence-corrected chi connectivity index (χ0v) is 17.9. The van der Waals surface area contributed by atoms with Crippen molar-refractivity contribution < 1.29 is 18.0 Å². The van der Waals surface area contributed by atoms with E-state index in [9.17, 15) is 18.0 Å². The van der Waals surface area contributed by atoms with Crippen molar-refractivity contribution in [2.45, 2.75) is 18.9 Å². The van der Waals surface area contributed by atoms with Crippen molar-refractivity contribution >= 4 is 51.3 Å². The van der Waals surface area contributed by atoms with E-state index < -0.39 is 27.5 Å². The monoisotopic (exact) mass is 461 g/mol. The van der Waals surface area contributed by atoms with E-state index >= 15 is 0 Å². The summed E-state index contributed by atoms with van der Waals surface area (Å²) in [5.41, 5.74) is 5.16. The molecule has 0 saturated carbocycles. The third-order valence-electron chi connectivity index (χ3n) is 4.02. The number of rotatable bonds is 6. The molecule has 5 N–H and O–H groups in total. The molecule has 1 saturated heterocycles. The van der Waals surface area contributed by atoms with E-state index in [1.807, 2.05) is 0 Å². The van der Waals surface area contributed by atoms with Crippen LogP contribution in [0.5, 0.6) is 0 Å². The lowest BCUT2D eigenvalue weighted by Crippen LogP contribution is -2.45. The number of carbonyl (C=O) groups is 2. The minimum Gasteiger partial charge on any atom is -0.393 e. The van der Waals surface area contributed by atoms with Crippen LogP contribution < -0.4 is 21.7 Å². The number of benzene rings is 1. The molecule has 0 bridgehead atoms. The first-order chi connectivity index (χ1) is 13.6. The van der Waals surface area contributed by atoms with Gasteiger partial charge in [0.15, 0.2) is 0 Å². The fourth-order valence-corrected chi connectivity index (χ4v) is 3.43. The predicted molar refractivity (Wildman–Crippen MR) is 113 cm³/mol. The van der Waals surface area contributed by atoms with Gasteiger partial charge >= 0.3 is 0 Å². The van der Waals surface area contributed by atoms with Crippen molar-refractivity contribution in [2.75, 3.05) is 19.3 Å². The Hall–Kier alpha value is -2.14. The van der Waals surface area contributed by atoms with E-state index in [0.717, 1.165) is 25.6 Å². The van der Waals surface area contributed by atoms with Crippen LogP contribution >= 0.6 is 23.2 Å². The van der Waals surface area contributed by atoms with Gasteiger partial charge in [0.05, 0.1) is 33.8 Å². The van der Waals surface area contributed by atoms with E-state index in [1.165, 1.54) is 12.1 Å². The van der Waals surface area contributed by atoms with Crippen molar-refractivity contribution in [3.05, 3.63) is 45.2 Å². The molecule has 0 aliphatic carbocycles. The second-order valence-electron chi connectivity index (χ2n) is 6.34. The van der Waals surface area contributed by atoms with Gasteiger partial charge in [-0.1, -0.05) is 29.3 Å². The molecule has 29 heavy (non-hydrogen) atoms. The second kappa shape index (κ2) is 10.1. The van der Waals surface area contributed by atoms with Crippen LogP contribution in [0, 0.1) is 0 Å². The van der Waals surface area contributed by atoms with Gasteiger partial charge in [0.2, 0.25) is 10.0 Å². The number of carbonyl (C=O) groups excluding carboxylic acids is 2. The number of hydrogen-bond donors (Lipinski definition) is 4. The second-order valence-corrected chi connectivity index (χ2v) is 8.83. The van der Waals surface area contributed by atoms with E-state index in [4.69, 9.17) is 28.9 Å². The summed E-state index contributed by atoms with van der Waals surface area (Å²) >= 11 is 12.0. The van der Waals surface area contributed by atoms with Crippen molar-refractivity contribution in [2.24, 2.45) is 10.1 Å². The average molecular weight is 462 g/mol. The highest BCUT2D eigenvalue weighted by Gasteiger charge is 2.21. The number of allylic oxidation sites excluding steroid dienone is 1. The maximum Gasteiger partial charge on any atom is 0.269 e. The van der Waals surface area contributed by atoms with Crippen LogP contribution in [0.4, 0.5) is 0 Å². The normalized spacial score (nSPS) is 16.4. The van der Waals surface area contributed by atoms with Crippen LogP contribution in [0.15, 0.2) is 34.0 Å². The Labute approximate surface area is 178 Å². The van der Waals surface area contributed by atoms with Gasteiger partial charge in [-0.15, -0.1) is 0 Å². The number of sulfonamides is 1. The number of piperidine rings is 1. The maximum atomic E-state index is 12.6. The number of nitrogens with one attached hydrogen (secondary N) is 3. The van der Waals surface area contributed by atoms with E-state index in [0.29, 0.717) is 12.8 Å². The smallest absolute Gasteiger partial charge is 0.269 e. The SMILES string of the molecule is CS(=O)(=O)/N=C/C(NC(=O)c1c(Cl)cccc1Cl)=C(\N)C(=O)NC1CCNCC1. The molecule has 2 rings (SSSR count). The molecule has 0 unspecified atom stereocenters. The van der Waals surface area contributed by atoms with Crippen LogP contribution in [-0.2, 0) is 14.8 Å². The number of hydrogen-bond acceptors (Lipinski definition) is 6. The summed E-state index contributed by atoms with van der Waals surface area (Å²) in [7, 11) is -3.79. The molecular weight excluding hydrogens is 441 g/mol. The van der Waals surface area contributed by atoms with Crippen LogP contribution in [0.25, 0.3) is 0 Å². The topological polar surface area (TPSA) is 143 Å². The molecule has 1 aliphatic rings. The summed E-state index contributed by atoms with van der Waals surface area (Å²) in [5.74, 6) is -1.43. The molecule has 158 valence electrons. The average Bonchev–Trinajstić information content (AvgIpc) is 2.64. The predicted octanol–water partition coefficient (Wildman–Crippen LogP) is 0.792. The Morgan fingerprint density at radius 2 is 1.83 bits per heavy atom. The molecular formula is C17H21Cl2N5O4S. The van der Waals surface area contributed by atoms with Crippen molar-refractivity contribution in [1.29, 1.82) is 0 Å². The molecule has 1 heterocycles. The zero-order chi connectivity index (χ0) is 21.6. The molecule has 1 aromatic carbocycles. The fourth-order valence-electron chi connectivity index (χ4n) is 2.57. The van der Waals surface area contributed by atoms with Gasteiger partial charge in [-0.05, 0) is 38.1 Å². The van der Waals surface area contributed by atoms with Gasteiger partial charge in [0, 0.05) is 6.04 Å². The minimum atomic E-state index is -3.79. The molecule has 1 aromatic rings. The van der Waals surface area contributed by atoms with Gasteiger partial charge in [-0.3, -0.25) is 9.59 Å². The van der Waals surface area contributed by atoms with Crippen LogP contribution in [0.2, 0.25) is 10.0 Å². The Bertz CT molecular complexity index is 936. The zero-order valence-electron chi connectivity index (χ0n) is 15.5. The van der Waals surface area contributed by atoms with E-state index in [2.05, 4.69) is 20.3 Å². The first-order valence-corrected chi connectivity index (χ1v) is 11.2. The molecule has 2 amide bonds. The first kappa shape index (κ1) is 23.1. The lowest BCUT2D eigenvalue weighted by Gasteiger charge is -2.24. The van der Waals surface area contributed by atoms with Gasteiger partial charge in [-0.25, -0.2) is 8.42 Å². The van der Waals surface area contributed by atoms with Gasteiger partial charge in [0.25, 0.3) is 11.8 Å². The molecule has 0 radical (unpaired) electrons. The third-order valence-corrected chi connectivity index (χ3v) is 5.14. The standard InChI is InChI=1S/C17H21Cl2N5O4S/c1-29(27,28)22-9-13(15(20)17(26)23-10-5-7-21-8-6-10)24-16(25)14-11(18)3-2-4-12(14)19/h2-4,9-10,21H,5-8,20H2,1H3,(H,23,26)(H,24,25)/b15-13+,22-9+. The molecule has 0 spiro atoms. The number of halogens is 2. The van der Waals surface area contributed by atoms with E-state index in [1.54, 1.807) is 6.07 Å². The Kier molecular flexibility index (Phi) is 8.03. The Balaban J connectivity index is 2.32. The largest absolute Gasteiger partial charge is 0.393 e. The highest BCUT2D eigenvalue weighted by molar-refractivity contribution is 7.89.